The van der Waals surface area contributed by atoms with Crippen LogP contribution in [-0.4, -0.2) is 23.0 Å². The predicted octanol–water partition coefficient (Wildman–Crippen LogP) is 2.56. The number of halogens is 1. The Kier molecular flexibility index (Phi) is 4.94. The lowest BCUT2D eigenvalue weighted by molar-refractivity contribution is -0.304. The van der Waals surface area contributed by atoms with Gasteiger partial charge in [0.15, 0.2) is 5.76 Å². The Bertz CT molecular complexity index is 857. The second kappa shape index (κ2) is 7.12. The largest absolute Gasteiger partial charge is 0.550 e. The van der Waals surface area contributed by atoms with Gasteiger partial charge in [0.2, 0.25) is 5.89 Å². The summed E-state index contributed by atoms with van der Waals surface area (Å²) in [5, 5.41) is 11.0. The van der Waals surface area contributed by atoms with Gasteiger partial charge < -0.3 is 19.1 Å². The van der Waals surface area contributed by atoms with E-state index in [1.807, 2.05) is 0 Å². The average Bonchev–Trinajstić information content (AvgIpc) is 3.14. The van der Waals surface area contributed by atoms with Gasteiger partial charge >= 0.3 is 0 Å². The first kappa shape index (κ1) is 16.6. The highest BCUT2D eigenvalue weighted by Crippen LogP contribution is 2.36. The van der Waals surface area contributed by atoms with Gasteiger partial charge in [0.05, 0.1) is 32.8 Å². The molecule has 3 heterocycles. The molecule has 0 radical (unpaired) electrons. The van der Waals surface area contributed by atoms with Crippen LogP contribution in [0.25, 0.3) is 22.1 Å². The predicted molar refractivity (Wildman–Crippen MR) is 87.5 cm³/mol. The number of hydrogen-bond acceptors (Lipinski definition) is 7. The van der Waals surface area contributed by atoms with E-state index in [2.05, 4.69) is 9.97 Å². The Morgan fingerprint density at radius 3 is 2.79 bits per heavy atom. The molecule has 24 heavy (non-hydrogen) atoms. The zero-order valence-corrected chi connectivity index (χ0v) is 14.2. The zero-order valence-electron chi connectivity index (χ0n) is 12.6. The lowest BCUT2D eigenvalue weighted by Gasteiger charge is -1.99. The number of ether oxygens (including phenoxy) is 1. The number of aliphatic carboxylic acids is 1. The van der Waals surface area contributed by atoms with Crippen molar-refractivity contribution in [3.63, 3.8) is 0 Å². The molecule has 0 aliphatic heterocycles. The second-order valence-electron chi connectivity index (χ2n) is 4.92. The highest BCUT2D eigenvalue weighted by Gasteiger charge is 2.18. The number of carboxylic acids is 1. The van der Waals surface area contributed by atoms with Crippen LogP contribution in [0, 0.1) is 0 Å². The molecule has 0 N–H and O–H groups in total. The van der Waals surface area contributed by atoms with Crippen molar-refractivity contribution in [2.45, 2.75) is 13.0 Å². The first-order valence-electron chi connectivity index (χ1n) is 6.96. The summed E-state index contributed by atoms with van der Waals surface area (Å²) in [4.78, 5) is 20.2. The number of oxazole rings is 1. The number of pyridine rings is 1. The summed E-state index contributed by atoms with van der Waals surface area (Å²) in [5.74, 6) is -0.554. The third kappa shape index (κ3) is 3.64. The van der Waals surface area contributed by atoms with E-state index in [1.54, 1.807) is 37.6 Å². The van der Waals surface area contributed by atoms with Crippen LogP contribution in [0.5, 0.6) is 0 Å². The van der Waals surface area contributed by atoms with E-state index in [1.165, 1.54) is 11.3 Å². The van der Waals surface area contributed by atoms with Gasteiger partial charge in [-0.3, -0.25) is 4.98 Å². The van der Waals surface area contributed by atoms with Gasteiger partial charge in [-0.05, 0) is 24.3 Å². The van der Waals surface area contributed by atoms with Crippen LogP contribution in [0.1, 0.15) is 11.4 Å². The van der Waals surface area contributed by atoms with E-state index in [0.717, 1.165) is 5.69 Å². The molecule has 8 heteroatoms. The number of hydrogen-bond donors (Lipinski definition) is 0. The van der Waals surface area contributed by atoms with Crippen molar-refractivity contribution in [2.24, 2.45) is 0 Å². The Labute approximate surface area is 146 Å². The van der Waals surface area contributed by atoms with Gasteiger partial charge in [-0.2, -0.15) is 0 Å². The Balaban J connectivity index is 1.99. The van der Waals surface area contributed by atoms with Crippen LogP contribution in [0.2, 0.25) is 4.34 Å². The molecule has 0 bridgehead atoms. The molecule has 3 rings (SSSR count). The Morgan fingerprint density at radius 1 is 1.38 bits per heavy atom. The number of nitrogens with zero attached hydrogens (tertiary/aromatic N) is 2. The minimum Gasteiger partial charge on any atom is -0.550 e. The first-order chi connectivity index (χ1) is 11.6. The van der Waals surface area contributed by atoms with Crippen molar-refractivity contribution in [2.75, 3.05) is 7.11 Å². The maximum Gasteiger partial charge on any atom is 0.228 e. The van der Waals surface area contributed by atoms with Gasteiger partial charge in [0, 0.05) is 25.7 Å². The number of carbonyl (C=O) groups excluding carboxylic acids is 1. The molecule has 0 fully saturated rings. The van der Waals surface area contributed by atoms with E-state index in [0.29, 0.717) is 38.7 Å². The maximum atomic E-state index is 11.0. The average molecular weight is 364 g/mol. The molecule has 3 aromatic heterocycles. The Morgan fingerprint density at radius 2 is 2.21 bits per heavy atom. The molecule has 0 saturated carbocycles. The molecular weight excluding hydrogens is 352 g/mol. The summed E-state index contributed by atoms with van der Waals surface area (Å²) in [6.45, 7) is 0.404. The molecule has 0 atom stereocenters. The number of aromatic nitrogens is 2. The second-order valence-corrected chi connectivity index (χ2v) is 6.63. The highest BCUT2D eigenvalue weighted by molar-refractivity contribution is 7.19. The van der Waals surface area contributed by atoms with Gasteiger partial charge in [-0.1, -0.05) is 11.6 Å². The van der Waals surface area contributed by atoms with Crippen molar-refractivity contribution in [1.82, 2.24) is 9.97 Å². The zero-order chi connectivity index (χ0) is 17.1. The third-order valence-electron chi connectivity index (χ3n) is 3.17. The first-order valence-corrected chi connectivity index (χ1v) is 8.15. The molecule has 0 aliphatic rings. The van der Waals surface area contributed by atoms with Gasteiger partial charge in [-0.25, -0.2) is 4.98 Å². The monoisotopic (exact) mass is 363 g/mol. The molecule has 0 aliphatic carbocycles. The molecule has 0 saturated heterocycles. The van der Waals surface area contributed by atoms with Crippen LogP contribution in [-0.2, 0) is 22.6 Å². The molecular formula is C16H12ClN2O4S-. The van der Waals surface area contributed by atoms with Crippen molar-refractivity contribution in [3.05, 3.63) is 46.2 Å². The molecule has 0 aromatic carbocycles. The van der Waals surface area contributed by atoms with Crippen LogP contribution < -0.4 is 5.11 Å². The van der Waals surface area contributed by atoms with Crippen molar-refractivity contribution in [3.8, 4) is 22.1 Å². The van der Waals surface area contributed by atoms with Crippen molar-refractivity contribution in [1.29, 1.82) is 0 Å². The van der Waals surface area contributed by atoms with Crippen LogP contribution >= 0.6 is 22.9 Å². The lowest BCUT2D eigenvalue weighted by Crippen LogP contribution is -2.24. The van der Waals surface area contributed by atoms with E-state index in [4.69, 9.17) is 20.8 Å². The van der Waals surface area contributed by atoms with Gasteiger partial charge in [0.1, 0.15) is 0 Å². The van der Waals surface area contributed by atoms with E-state index < -0.39 is 5.97 Å². The topological polar surface area (TPSA) is 88.3 Å². The summed E-state index contributed by atoms with van der Waals surface area (Å²) in [5.41, 5.74) is 1.71. The summed E-state index contributed by atoms with van der Waals surface area (Å²) in [7, 11) is 1.59. The number of rotatable bonds is 6. The molecule has 0 unspecified atom stereocenters. The summed E-state index contributed by atoms with van der Waals surface area (Å²) in [6.07, 6.45) is 1.26. The fourth-order valence-electron chi connectivity index (χ4n) is 2.14. The Hall–Kier alpha value is -2.22. The summed E-state index contributed by atoms with van der Waals surface area (Å²) < 4.78 is 11.4. The lowest BCUT2D eigenvalue weighted by atomic mass is 10.2. The number of thiophene rings is 1. The summed E-state index contributed by atoms with van der Waals surface area (Å²) >= 11 is 7.23. The number of methoxy groups -OCH3 is 1. The van der Waals surface area contributed by atoms with E-state index in [-0.39, 0.29) is 6.42 Å². The van der Waals surface area contributed by atoms with Crippen LogP contribution in [0.15, 0.2) is 34.9 Å². The van der Waals surface area contributed by atoms with Crippen molar-refractivity contribution < 1.29 is 19.1 Å². The third-order valence-corrected chi connectivity index (χ3v) is 4.40. The molecule has 0 amide bonds. The van der Waals surface area contributed by atoms with E-state index in [9.17, 15) is 9.90 Å². The minimum atomic E-state index is -1.23. The molecule has 6 nitrogen and oxygen atoms in total. The molecule has 124 valence electrons. The van der Waals surface area contributed by atoms with Crippen molar-refractivity contribution >= 4 is 28.9 Å². The quantitative estimate of drug-likeness (QED) is 0.668. The van der Waals surface area contributed by atoms with E-state index >= 15 is 0 Å². The van der Waals surface area contributed by atoms with Crippen LogP contribution in [0.3, 0.4) is 0 Å². The van der Waals surface area contributed by atoms with Crippen LogP contribution in [0.4, 0.5) is 0 Å². The molecule has 3 aromatic rings. The summed E-state index contributed by atoms with van der Waals surface area (Å²) in [6, 6.07) is 7.06. The highest BCUT2D eigenvalue weighted by atomic mass is 35.5. The van der Waals surface area contributed by atoms with Gasteiger partial charge in [-0.15, -0.1) is 11.3 Å². The number of carbonyl (C=O) groups is 1. The fraction of sp³-hybridized carbons (Fsp3) is 0.188. The fourth-order valence-corrected chi connectivity index (χ4v) is 3.19. The smallest absolute Gasteiger partial charge is 0.228 e. The SMILES string of the molecule is COCc1ccc(-c2nc(CC(=O)[O-])c(-c3ccc(Cl)s3)o2)cn1. The normalized spacial score (nSPS) is 10.9. The standard InChI is InChI=1S/C16H13ClN2O4S/c1-22-8-10-3-2-9(7-18-10)16-19-11(6-14(20)21)15(23-16)12-4-5-13(17)24-12/h2-5,7H,6,8H2,1H3,(H,20,21)/p-1. The maximum absolute atomic E-state index is 11.0. The van der Waals surface area contributed by atoms with Gasteiger partial charge in [0.25, 0.3) is 0 Å². The molecule has 0 spiro atoms. The minimum absolute atomic E-state index is 0.294. The number of carboxylic acid groups (broad SMARTS) is 1.